The fourth-order valence-electron chi connectivity index (χ4n) is 2.40. The molecule has 3 rings (SSSR count). The first-order valence-electron chi connectivity index (χ1n) is 6.51. The Balaban J connectivity index is 0.00000161. The highest BCUT2D eigenvalue weighted by Crippen LogP contribution is 2.25. The van der Waals surface area contributed by atoms with Crippen molar-refractivity contribution in [1.29, 1.82) is 0 Å². The molecule has 2 atom stereocenters. The van der Waals surface area contributed by atoms with Crippen LogP contribution in [0.25, 0.3) is 10.8 Å². The Morgan fingerprint density at radius 1 is 1.19 bits per heavy atom. The van der Waals surface area contributed by atoms with Gasteiger partial charge in [-0.1, -0.05) is 36.4 Å². The number of halogens is 1. The van der Waals surface area contributed by atoms with E-state index in [1.807, 2.05) is 22.9 Å². The van der Waals surface area contributed by atoms with E-state index >= 15 is 0 Å². The first-order valence-corrected chi connectivity index (χ1v) is 8.13. The van der Waals surface area contributed by atoms with Crippen LogP contribution in [-0.2, 0) is 17.3 Å². The molecule has 0 radical (unpaired) electrons. The molecule has 0 saturated heterocycles. The lowest BCUT2D eigenvalue weighted by Gasteiger charge is -2.16. The molecule has 3 nitrogen and oxygen atoms in total. The zero-order chi connectivity index (χ0) is 13.9. The molecule has 21 heavy (non-hydrogen) atoms. The molecule has 0 aliphatic heterocycles. The van der Waals surface area contributed by atoms with Gasteiger partial charge in [-0.3, -0.25) is 4.21 Å². The fourth-order valence-corrected chi connectivity index (χ4v) is 3.31. The van der Waals surface area contributed by atoms with Gasteiger partial charge in [0.1, 0.15) is 0 Å². The van der Waals surface area contributed by atoms with Crippen LogP contribution < -0.4 is 0 Å². The van der Waals surface area contributed by atoms with E-state index in [4.69, 9.17) is 0 Å². The predicted molar refractivity (Wildman–Crippen MR) is 90.2 cm³/mol. The number of nitrogens with zero attached hydrogens (tertiary/aromatic N) is 2. The number of imidazole rings is 1. The van der Waals surface area contributed by atoms with Crippen LogP contribution in [-0.4, -0.2) is 20.0 Å². The molecule has 3 aromatic rings. The van der Waals surface area contributed by atoms with Gasteiger partial charge in [0.25, 0.3) is 0 Å². The smallest absolute Gasteiger partial charge is 0.0946 e. The Bertz CT molecular complexity index is 743. The van der Waals surface area contributed by atoms with E-state index < -0.39 is 10.8 Å². The van der Waals surface area contributed by atoms with Crippen molar-refractivity contribution in [2.75, 3.05) is 6.26 Å². The van der Waals surface area contributed by atoms with E-state index in [0.717, 1.165) is 5.56 Å². The van der Waals surface area contributed by atoms with Crippen molar-refractivity contribution >= 4 is 34.0 Å². The summed E-state index contributed by atoms with van der Waals surface area (Å²) in [5.41, 5.74) is 1.11. The lowest BCUT2D eigenvalue weighted by molar-refractivity contribution is 0.638. The van der Waals surface area contributed by atoms with E-state index in [9.17, 15) is 4.21 Å². The largest absolute Gasteiger partial charge is 0.336 e. The fraction of sp³-hybridized carbons (Fsp3) is 0.188. The molecule has 0 saturated carbocycles. The Morgan fingerprint density at radius 3 is 2.62 bits per heavy atom. The molecule has 0 aliphatic carbocycles. The van der Waals surface area contributed by atoms with Crippen molar-refractivity contribution in [3.63, 3.8) is 0 Å². The summed E-state index contributed by atoms with van der Waals surface area (Å²) in [4.78, 5) is 4.04. The molecular weight excluding hydrogens is 304 g/mol. The maximum atomic E-state index is 12.1. The number of hydrogen-bond donors (Lipinski definition) is 0. The standard InChI is InChI=1S/C16H16N2OS.ClH/c1-20(19)16(11-18-9-8-17-12-18)15-7-6-13-4-2-3-5-14(13)10-15;/h2-10,12,16H,11H2,1H3;1H. The summed E-state index contributed by atoms with van der Waals surface area (Å²) in [6.45, 7) is 0.682. The van der Waals surface area contributed by atoms with Gasteiger partial charge in [-0.2, -0.15) is 0 Å². The number of benzene rings is 2. The highest BCUT2D eigenvalue weighted by Gasteiger charge is 2.16. The molecule has 2 aromatic carbocycles. The van der Waals surface area contributed by atoms with Gasteiger partial charge in [0, 0.05) is 36.0 Å². The SMILES string of the molecule is CS(=O)C(Cn1ccnc1)c1ccc2ccccc2c1.Cl. The van der Waals surface area contributed by atoms with Gasteiger partial charge in [0.2, 0.25) is 0 Å². The molecule has 1 heterocycles. The zero-order valence-corrected chi connectivity index (χ0v) is 13.3. The van der Waals surface area contributed by atoms with Crippen LogP contribution >= 0.6 is 12.4 Å². The lowest BCUT2D eigenvalue weighted by atomic mass is 10.0. The van der Waals surface area contributed by atoms with E-state index in [-0.39, 0.29) is 17.7 Å². The average molecular weight is 321 g/mol. The van der Waals surface area contributed by atoms with E-state index in [1.54, 1.807) is 18.8 Å². The van der Waals surface area contributed by atoms with Crippen LogP contribution in [0.15, 0.2) is 61.2 Å². The molecule has 0 aliphatic rings. The summed E-state index contributed by atoms with van der Waals surface area (Å²) >= 11 is 0. The molecule has 0 fully saturated rings. The van der Waals surface area contributed by atoms with Crippen LogP contribution in [0.5, 0.6) is 0 Å². The summed E-state index contributed by atoms with van der Waals surface area (Å²) < 4.78 is 14.1. The van der Waals surface area contributed by atoms with Crippen molar-refractivity contribution in [2.24, 2.45) is 0 Å². The summed E-state index contributed by atoms with van der Waals surface area (Å²) in [6.07, 6.45) is 7.18. The van der Waals surface area contributed by atoms with Crippen molar-refractivity contribution in [2.45, 2.75) is 11.8 Å². The van der Waals surface area contributed by atoms with Crippen LogP contribution in [0.1, 0.15) is 10.8 Å². The number of fused-ring (bicyclic) bond motifs is 1. The van der Waals surface area contributed by atoms with Crippen LogP contribution in [0.2, 0.25) is 0 Å². The van der Waals surface area contributed by atoms with Gasteiger partial charge in [-0.25, -0.2) is 4.98 Å². The third-order valence-corrected chi connectivity index (χ3v) is 4.70. The highest BCUT2D eigenvalue weighted by molar-refractivity contribution is 7.84. The molecule has 0 amide bonds. The zero-order valence-electron chi connectivity index (χ0n) is 11.7. The maximum Gasteiger partial charge on any atom is 0.0946 e. The first kappa shape index (κ1) is 15.7. The van der Waals surface area contributed by atoms with Gasteiger partial charge < -0.3 is 4.57 Å². The normalized spacial score (nSPS) is 13.6. The molecule has 2 unspecified atom stereocenters. The van der Waals surface area contributed by atoms with Gasteiger partial charge in [0.15, 0.2) is 0 Å². The maximum absolute atomic E-state index is 12.1. The first-order chi connectivity index (χ1) is 9.74. The van der Waals surface area contributed by atoms with E-state index in [1.165, 1.54) is 10.8 Å². The molecule has 0 bridgehead atoms. The average Bonchev–Trinajstić information content (AvgIpc) is 2.97. The highest BCUT2D eigenvalue weighted by atomic mass is 35.5. The van der Waals surface area contributed by atoms with Crippen LogP contribution in [0, 0.1) is 0 Å². The van der Waals surface area contributed by atoms with E-state index in [2.05, 4.69) is 35.3 Å². The van der Waals surface area contributed by atoms with Gasteiger partial charge in [-0.15, -0.1) is 12.4 Å². The number of hydrogen-bond acceptors (Lipinski definition) is 2. The second-order valence-electron chi connectivity index (χ2n) is 4.85. The Morgan fingerprint density at radius 2 is 1.95 bits per heavy atom. The Hall–Kier alpha value is -1.65. The second-order valence-corrected chi connectivity index (χ2v) is 6.42. The van der Waals surface area contributed by atoms with Crippen molar-refractivity contribution in [3.8, 4) is 0 Å². The molecular formula is C16H17ClN2OS. The summed E-state index contributed by atoms with van der Waals surface area (Å²) in [5.74, 6) is 0. The van der Waals surface area contributed by atoms with Crippen LogP contribution in [0.4, 0.5) is 0 Å². The summed E-state index contributed by atoms with van der Waals surface area (Å²) in [7, 11) is -0.930. The minimum Gasteiger partial charge on any atom is -0.336 e. The summed E-state index contributed by atoms with van der Waals surface area (Å²) in [6, 6.07) is 14.5. The minimum atomic E-state index is -0.930. The van der Waals surface area contributed by atoms with Gasteiger partial charge in [-0.05, 0) is 22.4 Å². The van der Waals surface area contributed by atoms with E-state index in [0.29, 0.717) is 6.54 Å². The molecule has 0 spiro atoms. The quantitative estimate of drug-likeness (QED) is 0.736. The Kier molecular flexibility index (Phi) is 5.15. The second kappa shape index (κ2) is 6.87. The van der Waals surface area contributed by atoms with Crippen molar-refractivity contribution in [1.82, 2.24) is 9.55 Å². The minimum absolute atomic E-state index is 0. The third-order valence-electron chi connectivity index (χ3n) is 3.48. The van der Waals surface area contributed by atoms with Gasteiger partial charge >= 0.3 is 0 Å². The summed E-state index contributed by atoms with van der Waals surface area (Å²) in [5, 5.41) is 2.37. The molecule has 1 aromatic heterocycles. The lowest BCUT2D eigenvalue weighted by Crippen LogP contribution is -2.12. The number of aromatic nitrogens is 2. The van der Waals surface area contributed by atoms with Gasteiger partial charge in [0.05, 0.1) is 11.6 Å². The van der Waals surface area contributed by atoms with Crippen LogP contribution in [0.3, 0.4) is 0 Å². The van der Waals surface area contributed by atoms with Crippen molar-refractivity contribution < 1.29 is 4.21 Å². The molecule has 0 N–H and O–H groups in total. The Labute approximate surface area is 132 Å². The number of rotatable bonds is 4. The predicted octanol–water partition coefficient (Wildman–Crippen LogP) is 3.58. The monoisotopic (exact) mass is 320 g/mol. The third kappa shape index (κ3) is 3.52. The molecule has 110 valence electrons. The van der Waals surface area contributed by atoms with Crippen molar-refractivity contribution in [3.05, 3.63) is 66.7 Å². The molecule has 5 heteroatoms. The topological polar surface area (TPSA) is 34.9 Å².